The monoisotopic (exact) mass is 518 g/mol. The molecule has 2 aromatic carbocycles. The fourth-order valence-corrected chi connectivity index (χ4v) is 4.68. The van der Waals surface area contributed by atoms with Crippen LogP contribution in [0.1, 0.15) is 0 Å². The van der Waals surface area contributed by atoms with Crippen molar-refractivity contribution in [1.82, 2.24) is 0 Å². The van der Waals surface area contributed by atoms with E-state index in [9.17, 15) is 0 Å². The highest BCUT2D eigenvalue weighted by Crippen LogP contribution is 2.45. The van der Waals surface area contributed by atoms with Crippen molar-refractivity contribution in [3.05, 3.63) is 40.6 Å². The second kappa shape index (κ2) is 4.77. The number of hydrogen-bond donors (Lipinski definition) is 0. The van der Waals surface area contributed by atoms with Crippen molar-refractivity contribution in [2.75, 3.05) is 0 Å². The molecule has 0 aliphatic carbocycles. The molecule has 0 heterocycles. The zero-order chi connectivity index (χ0) is 11.2. The summed E-state index contributed by atoms with van der Waals surface area (Å²) in [4.78, 5) is 0. The lowest BCUT2D eigenvalue weighted by Crippen LogP contribution is -1.83. The third kappa shape index (κ3) is 2.10. The van der Waals surface area contributed by atoms with Gasteiger partial charge in [0.25, 0.3) is 0 Å². The van der Waals surface area contributed by atoms with E-state index < -0.39 is 0 Å². The van der Waals surface area contributed by atoms with E-state index >= 15 is 0 Å². The van der Waals surface area contributed by atoms with Gasteiger partial charge >= 0.3 is 0 Å². The number of fused-ring (bicyclic) bond motifs is 1. The molecule has 0 spiro atoms. The molecule has 0 aliphatic rings. The molecule has 0 saturated carbocycles. The van der Waals surface area contributed by atoms with Crippen LogP contribution in [-0.4, -0.2) is 0 Å². The van der Waals surface area contributed by atoms with Gasteiger partial charge in [0.05, 0.1) is 0 Å². The van der Waals surface area contributed by atoms with Crippen molar-refractivity contribution in [2.45, 2.75) is 0 Å². The van der Waals surface area contributed by atoms with Gasteiger partial charge in [0, 0.05) is 27.7 Å². The predicted octanol–water partition coefficient (Wildman–Crippen LogP) is 6.65. The van der Waals surface area contributed by atoms with Crippen LogP contribution in [0.2, 0.25) is 0 Å². The molecule has 0 radical (unpaired) electrons. The van der Waals surface area contributed by atoms with E-state index in [4.69, 9.17) is 0 Å². The highest BCUT2D eigenvalue weighted by molar-refractivity contribution is 9.15. The van der Waals surface area contributed by atoms with Gasteiger partial charge < -0.3 is 0 Å². The lowest BCUT2D eigenvalue weighted by Gasteiger charge is -2.10. The van der Waals surface area contributed by atoms with Gasteiger partial charge in [-0.1, -0.05) is 28.1 Å². The van der Waals surface area contributed by atoms with Crippen molar-refractivity contribution in [2.24, 2.45) is 0 Å². The number of hydrogen-bond acceptors (Lipinski definition) is 0. The molecule has 78 valence electrons. The maximum absolute atomic E-state index is 3.59. The highest BCUT2D eigenvalue weighted by atomic mass is 79.9. The van der Waals surface area contributed by atoms with Crippen LogP contribution in [0.25, 0.3) is 10.8 Å². The quantitative estimate of drug-likeness (QED) is 0.268. The van der Waals surface area contributed by atoms with E-state index in [1.165, 1.54) is 0 Å². The Kier molecular flexibility index (Phi) is 3.99. The van der Waals surface area contributed by atoms with Gasteiger partial charge in [-0.2, -0.15) is 0 Å². The molecule has 0 nitrogen and oxygen atoms in total. The van der Waals surface area contributed by atoms with Gasteiger partial charge in [-0.05, 0) is 75.2 Å². The van der Waals surface area contributed by atoms with E-state index in [1.807, 2.05) is 12.1 Å². The fourth-order valence-electron chi connectivity index (χ4n) is 1.35. The first-order valence-electron chi connectivity index (χ1n) is 3.94. The Morgan fingerprint density at radius 2 is 1.27 bits per heavy atom. The Balaban J connectivity index is 3.08. The SMILES string of the molecule is Brc1c(Br)c(Br)c2c(Br)cccc2c1Br. The molecule has 2 aromatic rings. The summed E-state index contributed by atoms with van der Waals surface area (Å²) in [5.41, 5.74) is 0. The molecule has 0 amide bonds. The summed E-state index contributed by atoms with van der Waals surface area (Å²) in [5.74, 6) is 0. The van der Waals surface area contributed by atoms with Crippen molar-refractivity contribution >= 4 is 90.4 Å². The maximum atomic E-state index is 3.59. The zero-order valence-electron chi connectivity index (χ0n) is 7.12. The largest absolute Gasteiger partial charge is 0.0605 e. The minimum Gasteiger partial charge on any atom is -0.0605 e. The second-order valence-electron chi connectivity index (χ2n) is 2.92. The first-order chi connectivity index (χ1) is 7.04. The normalized spacial score (nSPS) is 11.0. The van der Waals surface area contributed by atoms with Crippen LogP contribution in [0, 0.1) is 0 Å². The fraction of sp³-hybridized carbons (Fsp3) is 0. The number of halogens is 5. The van der Waals surface area contributed by atoms with Crippen LogP contribution < -0.4 is 0 Å². The average Bonchev–Trinajstić information content (AvgIpc) is 2.23. The number of rotatable bonds is 0. The number of benzene rings is 2. The summed E-state index contributed by atoms with van der Waals surface area (Å²) in [6.07, 6.45) is 0. The molecule has 0 N–H and O–H groups in total. The van der Waals surface area contributed by atoms with Crippen molar-refractivity contribution in [3.8, 4) is 0 Å². The summed E-state index contributed by atoms with van der Waals surface area (Å²) in [6.45, 7) is 0. The Morgan fingerprint density at radius 3 is 1.93 bits per heavy atom. The minimum absolute atomic E-state index is 1.01. The Bertz CT molecular complexity index is 547. The Morgan fingerprint density at radius 1 is 0.667 bits per heavy atom. The molecule has 0 atom stereocenters. The molecule has 0 aromatic heterocycles. The van der Waals surface area contributed by atoms with Crippen LogP contribution >= 0.6 is 79.6 Å². The third-order valence-corrected chi connectivity index (χ3v) is 7.51. The summed E-state index contributed by atoms with van der Waals surface area (Å²) in [6, 6.07) is 6.12. The minimum atomic E-state index is 1.01. The first-order valence-corrected chi connectivity index (χ1v) is 7.90. The molecular weight excluding hydrogens is 520 g/mol. The van der Waals surface area contributed by atoms with E-state index in [1.54, 1.807) is 0 Å². The van der Waals surface area contributed by atoms with Crippen LogP contribution in [0.4, 0.5) is 0 Å². The summed E-state index contributed by atoms with van der Waals surface area (Å²) in [5, 5.41) is 2.31. The molecule has 2 rings (SSSR count). The Hall–Kier alpha value is 1.10. The van der Waals surface area contributed by atoms with E-state index in [0.717, 1.165) is 33.1 Å². The van der Waals surface area contributed by atoms with E-state index in [0.29, 0.717) is 0 Å². The molecule has 0 saturated heterocycles. The third-order valence-electron chi connectivity index (χ3n) is 2.05. The van der Waals surface area contributed by atoms with E-state index in [2.05, 4.69) is 85.7 Å². The second-order valence-corrected chi connectivity index (χ2v) is 6.94. The van der Waals surface area contributed by atoms with Crippen molar-refractivity contribution in [1.29, 1.82) is 0 Å². The van der Waals surface area contributed by atoms with E-state index in [-0.39, 0.29) is 0 Å². The maximum Gasteiger partial charge on any atom is 0.0477 e. The summed E-state index contributed by atoms with van der Waals surface area (Å²) < 4.78 is 5.18. The molecule has 0 fully saturated rings. The lowest BCUT2D eigenvalue weighted by molar-refractivity contribution is 1.55. The first kappa shape index (κ1) is 12.6. The standard InChI is InChI=1S/C10H3Br5/c11-5-3-1-2-4-6(5)8(13)10(15)9(14)7(4)12/h1-3H. The van der Waals surface area contributed by atoms with Crippen LogP contribution in [0.15, 0.2) is 40.6 Å². The molecule has 15 heavy (non-hydrogen) atoms. The molecular formula is C10H3Br5. The molecule has 0 unspecified atom stereocenters. The van der Waals surface area contributed by atoms with Gasteiger partial charge in [-0.25, -0.2) is 0 Å². The smallest absolute Gasteiger partial charge is 0.0477 e. The van der Waals surface area contributed by atoms with Crippen LogP contribution in [0.3, 0.4) is 0 Å². The van der Waals surface area contributed by atoms with Crippen LogP contribution in [0.5, 0.6) is 0 Å². The van der Waals surface area contributed by atoms with Gasteiger partial charge in [-0.15, -0.1) is 0 Å². The van der Waals surface area contributed by atoms with Crippen molar-refractivity contribution in [3.63, 3.8) is 0 Å². The highest BCUT2D eigenvalue weighted by Gasteiger charge is 2.14. The zero-order valence-corrected chi connectivity index (χ0v) is 15.1. The van der Waals surface area contributed by atoms with Gasteiger partial charge in [-0.3, -0.25) is 0 Å². The topological polar surface area (TPSA) is 0 Å². The van der Waals surface area contributed by atoms with Crippen LogP contribution in [-0.2, 0) is 0 Å². The van der Waals surface area contributed by atoms with Crippen molar-refractivity contribution < 1.29 is 0 Å². The van der Waals surface area contributed by atoms with Gasteiger partial charge in [0.15, 0.2) is 0 Å². The van der Waals surface area contributed by atoms with Gasteiger partial charge in [0.1, 0.15) is 0 Å². The average molecular weight is 523 g/mol. The van der Waals surface area contributed by atoms with Gasteiger partial charge in [0.2, 0.25) is 0 Å². The summed E-state index contributed by atoms with van der Waals surface area (Å²) >= 11 is 17.8. The molecule has 0 bridgehead atoms. The molecule has 0 aliphatic heterocycles. The molecule has 5 heteroatoms. The lowest BCUT2D eigenvalue weighted by atomic mass is 10.1. The Labute approximate surface area is 129 Å². The summed E-state index contributed by atoms with van der Waals surface area (Å²) in [7, 11) is 0. The predicted molar refractivity (Wildman–Crippen MR) is 82.4 cm³/mol.